The molecule has 10 nitrogen and oxygen atoms in total. The van der Waals surface area contributed by atoms with Crippen LogP contribution in [-0.4, -0.2) is 63.2 Å². The zero-order chi connectivity index (χ0) is 20.3. The first kappa shape index (κ1) is 20.0. The number of imide groups is 1. The minimum atomic E-state index is -0.822. The summed E-state index contributed by atoms with van der Waals surface area (Å²) < 4.78 is 0. The van der Waals surface area contributed by atoms with Gasteiger partial charge in [-0.25, -0.2) is 4.98 Å². The molecule has 0 saturated carbocycles. The fourth-order valence-corrected chi connectivity index (χ4v) is 3.81. The van der Waals surface area contributed by atoms with Gasteiger partial charge in [0.1, 0.15) is 12.1 Å². The van der Waals surface area contributed by atoms with Gasteiger partial charge in [0.15, 0.2) is 0 Å². The highest BCUT2D eigenvalue weighted by molar-refractivity contribution is 6.03. The van der Waals surface area contributed by atoms with Gasteiger partial charge in [0.25, 0.3) is 0 Å². The topological polar surface area (TPSA) is 150 Å². The maximum atomic E-state index is 12.8. The number of hydrogen-bond donors (Lipinski definition) is 4. The van der Waals surface area contributed by atoms with Crippen molar-refractivity contribution in [2.75, 3.05) is 6.54 Å². The smallest absolute Gasteiger partial charge is 0.249 e. The van der Waals surface area contributed by atoms with Crippen molar-refractivity contribution in [3.8, 4) is 0 Å². The summed E-state index contributed by atoms with van der Waals surface area (Å²) in [5.74, 6) is -1.71. The lowest BCUT2D eigenvalue weighted by molar-refractivity contribution is -0.143. The summed E-state index contributed by atoms with van der Waals surface area (Å²) >= 11 is 0. The Morgan fingerprint density at radius 1 is 1.36 bits per heavy atom. The minimum Gasteiger partial charge on any atom is -0.351 e. The van der Waals surface area contributed by atoms with Gasteiger partial charge in [-0.15, -0.1) is 0 Å². The van der Waals surface area contributed by atoms with E-state index in [1.54, 1.807) is 6.20 Å². The molecule has 2 fully saturated rings. The molecule has 1 aromatic heterocycles. The number of nitrogens with two attached hydrogens (primary N) is 1. The quantitative estimate of drug-likeness (QED) is 0.465. The molecule has 0 radical (unpaired) electrons. The monoisotopic (exact) mass is 390 g/mol. The van der Waals surface area contributed by atoms with Crippen molar-refractivity contribution < 1.29 is 19.2 Å². The summed E-state index contributed by atoms with van der Waals surface area (Å²) in [6.07, 6.45) is 5.56. The Morgan fingerprint density at radius 3 is 2.82 bits per heavy atom. The van der Waals surface area contributed by atoms with E-state index in [1.165, 1.54) is 11.2 Å². The average Bonchev–Trinajstić information content (AvgIpc) is 3.30. The number of imidazole rings is 1. The van der Waals surface area contributed by atoms with Crippen LogP contribution in [0.5, 0.6) is 0 Å². The molecular weight excluding hydrogens is 364 g/mol. The molecule has 2 saturated heterocycles. The minimum absolute atomic E-state index is 0.102. The third-order valence-corrected chi connectivity index (χ3v) is 5.35. The zero-order valence-corrected chi connectivity index (χ0v) is 15.8. The number of nitrogens with zero attached hydrogens (tertiary/aromatic N) is 2. The molecule has 0 aromatic carbocycles. The number of H-pyrrole nitrogens is 1. The number of aromatic nitrogens is 2. The number of amides is 4. The van der Waals surface area contributed by atoms with Gasteiger partial charge in [0.2, 0.25) is 23.6 Å². The first-order valence-electron chi connectivity index (χ1n) is 9.54. The van der Waals surface area contributed by atoms with Gasteiger partial charge in [-0.3, -0.25) is 24.5 Å². The first-order chi connectivity index (χ1) is 13.4. The lowest BCUT2D eigenvalue weighted by Gasteiger charge is -2.29. The molecule has 1 unspecified atom stereocenters. The maximum absolute atomic E-state index is 12.8. The third kappa shape index (κ3) is 4.38. The van der Waals surface area contributed by atoms with Gasteiger partial charge < -0.3 is 20.9 Å². The molecule has 5 N–H and O–H groups in total. The largest absolute Gasteiger partial charge is 0.351 e. The van der Waals surface area contributed by atoms with E-state index in [4.69, 9.17) is 5.73 Å². The number of carbonyl (C=O) groups is 4. The molecule has 152 valence electrons. The molecule has 0 spiro atoms. The molecule has 4 amide bonds. The normalized spacial score (nSPS) is 25.9. The van der Waals surface area contributed by atoms with Crippen LogP contribution < -0.4 is 16.4 Å². The molecule has 2 aliphatic rings. The molecule has 2 aliphatic heterocycles. The van der Waals surface area contributed by atoms with Crippen LogP contribution in [-0.2, 0) is 25.6 Å². The molecular formula is C18H26N6O4. The van der Waals surface area contributed by atoms with Crippen LogP contribution >= 0.6 is 0 Å². The average molecular weight is 390 g/mol. The van der Waals surface area contributed by atoms with E-state index in [2.05, 4.69) is 20.6 Å². The number of aromatic amines is 1. The van der Waals surface area contributed by atoms with Gasteiger partial charge >= 0.3 is 0 Å². The second-order valence-corrected chi connectivity index (χ2v) is 7.48. The highest BCUT2D eigenvalue weighted by Gasteiger charge is 2.42. The molecule has 0 aliphatic carbocycles. The van der Waals surface area contributed by atoms with Crippen molar-refractivity contribution in [3.63, 3.8) is 0 Å². The molecule has 3 heterocycles. The number of nitrogens with one attached hydrogen (secondary N) is 3. The Labute approximate surface area is 162 Å². The molecule has 10 heteroatoms. The Kier molecular flexibility index (Phi) is 6.08. The molecule has 3 rings (SSSR count). The Morgan fingerprint density at radius 2 is 2.14 bits per heavy atom. The fraction of sp³-hybridized carbons (Fsp3) is 0.611. The van der Waals surface area contributed by atoms with Crippen LogP contribution in [0, 0.1) is 5.92 Å². The number of likely N-dealkylation sites (tertiary alicyclic amines) is 1. The predicted molar refractivity (Wildman–Crippen MR) is 98.5 cm³/mol. The second-order valence-electron chi connectivity index (χ2n) is 7.48. The summed E-state index contributed by atoms with van der Waals surface area (Å²) in [6, 6.07) is -2.30. The Bertz CT molecular complexity index is 749. The van der Waals surface area contributed by atoms with Crippen molar-refractivity contribution in [2.24, 2.45) is 11.7 Å². The van der Waals surface area contributed by atoms with Crippen LogP contribution in [0.15, 0.2) is 12.5 Å². The van der Waals surface area contributed by atoms with E-state index in [1.807, 2.05) is 6.92 Å². The number of rotatable bonds is 5. The van der Waals surface area contributed by atoms with Gasteiger partial charge in [0.05, 0.1) is 18.1 Å². The van der Waals surface area contributed by atoms with Crippen LogP contribution in [0.2, 0.25) is 0 Å². The SMILES string of the molecule is C[C@H]1CCN(C(=O)[C@@H](N)Cc2c[nH]cn2)[C@@H]1C(=O)NC(=O)C1CCCC(=O)N1. The third-order valence-electron chi connectivity index (χ3n) is 5.35. The Hall–Kier alpha value is -2.75. The number of hydrogen-bond acceptors (Lipinski definition) is 6. The molecule has 0 bridgehead atoms. The first-order valence-corrected chi connectivity index (χ1v) is 9.54. The molecule has 1 aromatic rings. The van der Waals surface area contributed by atoms with Gasteiger partial charge in [0, 0.05) is 25.6 Å². The lowest BCUT2D eigenvalue weighted by Crippen LogP contribution is -2.57. The fourth-order valence-electron chi connectivity index (χ4n) is 3.81. The highest BCUT2D eigenvalue weighted by atomic mass is 16.2. The molecule has 4 atom stereocenters. The summed E-state index contributed by atoms with van der Waals surface area (Å²) in [5, 5.41) is 4.95. The molecule has 28 heavy (non-hydrogen) atoms. The van der Waals surface area contributed by atoms with Crippen molar-refractivity contribution in [1.29, 1.82) is 0 Å². The van der Waals surface area contributed by atoms with Crippen LogP contribution in [0.3, 0.4) is 0 Å². The summed E-state index contributed by atoms with van der Waals surface area (Å²) in [7, 11) is 0. The van der Waals surface area contributed by atoms with E-state index in [-0.39, 0.29) is 24.2 Å². The van der Waals surface area contributed by atoms with Crippen molar-refractivity contribution in [1.82, 2.24) is 25.5 Å². The van der Waals surface area contributed by atoms with Gasteiger partial charge in [-0.2, -0.15) is 0 Å². The van der Waals surface area contributed by atoms with E-state index < -0.39 is 29.9 Å². The van der Waals surface area contributed by atoms with E-state index in [0.29, 0.717) is 37.9 Å². The van der Waals surface area contributed by atoms with Crippen molar-refractivity contribution in [3.05, 3.63) is 18.2 Å². The Balaban J connectivity index is 1.63. The maximum Gasteiger partial charge on any atom is 0.249 e. The standard InChI is InChI=1S/C18H26N6O4/c1-10-5-6-24(18(28)12(19)7-11-8-20-9-21-11)15(10)17(27)23-16(26)13-3-2-4-14(25)22-13/h8-10,12-13,15H,2-7,19H2,1H3,(H,20,21)(H,22,25)(H,23,26,27)/t10-,12-,13?,15-/m0/s1. The summed E-state index contributed by atoms with van der Waals surface area (Å²) in [4.78, 5) is 57.7. The van der Waals surface area contributed by atoms with E-state index >= 15 is 0 Å². The van der Waals surface area contributed by atoms with Crippen molar-refractivity contribution >= 4 is 23.6 Å². The lowest BCUT2D eigenvalue weighted by atomic mass is 10.0. The predicted octanol–water partition coefficient (Wildman–Crippen LogP) is -1.17. The van der Waals surface area contributed by atoms with Crippen LogP contribution in [0.1, 0.15) is 38.3 Å². The zero-order valence-electron chi connectivity index (χ0n) is 15.8. The second kappa shape index (κ2) is 8.51. The van der Waals surface area contributed by atoms with E-state index in [9.17, 15) is 19.2 Å². The highest BCUT2D eigenvalue weighted by Crippen LogP contribution is 2.25. The number of piperidine rings is 1. The van der Waals surface area contributed by atoms with Gasteiger partial charge in [-0.05, 0) is 25.2 Å². The van der Waals surface area contributed by atoms with Crippen LogP contribution in [0.25, 0.3) is 0 Å². The van der Waals surface area contributed by atoms with E-state index in [0.717, 1.165) is 0 Å². The van der Waals surface area contributed by atoms with Crippen molar-refractivity contribution in [2.45, 2.75) is 57.2 Å². The van der Waals surface area contributed by atoms with Gasteiger partial charge in [-0.1, -0.05) is 6.92 Å². The summed E-state index contributed by atoms with van der Waals surface area (Å²) in [6.45, 7) is 2.27. The number of carbonyl (C=O) groups excluding carboxylic acids is 4. The van der Waals surface area contributed by atoms with Crippen LogP contribution in [0.4, 0.5) is 0 Å². The summed E-state index contributed by atoms with van der Waals surface area (Å²) in [5.41, 5.74) is 6.70.